The number of nitrogens with zero attached hydrogens (tertiary/aromatic N) is 3. The van der Waals surface area contributed by atoms with Crippen LogP contribution in [0.2, 0.25) is 0 Å². The largest absolute Gasteiger partial charge is 0.226 e. The van der Waals surface area contributed by atoms with Gasteiger partial charge in [0.25, 0.3) is 0 Å². The van der Waals surface area contributed by atoms with Gasteiger partial charge < -0.3 is 0 Å². The molecule has 0 N–H and O–H groups in total. The van der Waals surface area contributed by atoms with Gasteiger partial charge in [-0.2, -0.15) is 5.10 Å². The summed E-state index contributed by atoms with van der Waals surface area (Å²) >= 11 is 1.71. The topological polar surface area (TPSA) is 30.2 Å². The third-order valence-electron chi connectivity index (χ3n) is 2.22. The molecule has 0 spiro atoms. The molecule has 74 valence electrons. The Morgan fingerprint density at radius 2 is 2.33 bits per heavy atom. The Hall–Kier alpha value is -1.68. The van der Waals surface area contributed by atoms with E-state index >= 15 is 0 Å². The highest BCUT2D eigenvalue weighted by atomic mass is 32.1. The van der Waals surface area contributed by atoms with E-state index < -0.39 is 0 Å². The van der Waals surface area contributed by atoms with Gasteiger partial charge in [-0.15, -0.1) is 11.3 Å². The van der Waals surface area contributed by atoms with Gasteiger partial charge in [-0.05, 0) is 36.1 Å². The van der Waals surface area contributed by atoms with Crippen molar-refractivity contribution in [3.05, 3.63) is 41.5 Å². The smallest absolute Gasteiger partial charge is 0.154 e. The van der Waals surface area contributed by atoms with Crippen molar-refractivity contribution in [1.29, 1.82) is 0 Å². The Morgan fingerprint density at radius 1 is 1.40 bits per heavy atom. The molecule has 0 saturated heterocycles. The quantitative estimate of drug-likeness (QED) is 0.624. The van der Waals surface area contributed by atoms with Crippen LogP contribution in [0.5, 0.6) is 0 Å². The monoisotopic (exact) mass is 215 g/mol. The summed E-state index contributed by atoms with van der Waals surface area (Å²) in [7, 11) is 0. The number of aromatic nitrogens is 3. The summed E-state index contributed by atoms with van der Waals surface area (Å²) < 4.78 is 1.80. The van der Waals surface area contributed by atoms with Gasteiger partial charge in [-0.3, -0.25) is 0 Å². The van der Waals surface area contributed by atoms with Gasteiger partial charge in [0.05, 0.1) is 11.1 Å². The zero-order valence-electron chi connectivity index (χ0n) is 8.21. The van der Waals surface area contributed by atoms with Crippen LogP contribution in [-0.2, 0) is 0 Å². The summed E-state index contributed by atoms with van der Waals surface area (Å²) in [6.07, 6.45) is 3.72. The third-order valence-corrected chi connectivity index (χ3v) is 3.29. The second-order valence-electron chi connectivity index (χ2n) is 3.44. The second-order valence-corrected chi connectivity index (χ2v) is 4.35. The lowest BCUT2D eigenvalue weighted by Crippen LogP contribution is -1.85. The van der Waals surface area contributed by atoms with E-state index in [9.17, 15) is 0 Å². The van der Waals surface area contributed by atoms with Crippen molar-refractivity contribution in [3.8, 4) is 10.6 Å². The Morgan fingerprint density at radius 3 is 3.07 bits per heavy atom. The average molecular weight is 215 g/mol. The van der Waals surface area contributed by atoms with E-state index in [1.807, 2.05) is 18.3 Å². The van der Waals surface area contributed by atoms with E-state index in [-0.39, 0.29) is 0 Å². The number of rotatable bonds is 1. The summed E-state index contributed by atoms with van der Waals surface area (Å²) in [5.41, 5.74) is 3.16. The van der Waals surface area contributed by atoms with Crippen LogP contribution in [0.4, 0.5) is 0 Å². The fourth-order valence-electron chi connectivity index (χ4n) is 1.52. The molecule has 3 rings (SSSR count). The predicted octanol–water partition coefficient (Wildman–Crippen LogP) is 2.77. The SMILES string of the molecule is Cc1csc(-c2cn3ncccc3n2)c1. The zero-order valence-corrected chi connectivity index (χ0v) is 9.03. The molecule has 3 nitrogen and oxygen atoms in total. The maximum Gasteiger partial charge on any atom is 0.154 e. The molecule has 0 aliphatic rings. The normalized spacial score (nSPS) is 11.0. The number of thiophene rings is 1. The first kappa shape index (κ1) is 8.61. The van der Waals surface area contributed by atoms with E-state index in [0.717, 1.165) is 11.3 Å². The highest BCUT2D eigenvalue weighted by Gasteiger charge is 2.05. The van der Waals surface area contributed by atoms with Crippen molar-refractivity contribution in [2.75, 3.05) is 0 Å². The first-order valence-corrected chi connectivity index (χ1v) is 5.57. The lowest BCUT2D eigenvalue weighted by atomic mass is 10.3. The van der Waals surface area contributed by atoms with Crippen LogP contribution in [-0.4, -0.2) is 14.6 Å². The first-order valence-electron chi connectivity index (χ1n) is 4.69. The molecular formula is C11H9N3S. The van der Waals surface area contributed by atoms with Crippen LogP contribution in [0.1, 0.15) is 5.56 Å². The zero-order chi connectivity index (χ0) is 10.3. The molecule has 0 bridgehead atoms. The average Bonchev–Trinajstić information content (AvgIpc) is 2.82. The Labute approximate surface area is 91.0 Å². The molecule has 0 amide bonds. The van der Waals surface area contributed by atoms with Crippen molar-refractivity contribution in [2.24, 2.45) is 0 Å². The van der Waals surface area contributed by atoms with E-state index in [1.165, 1.54) is 10.4 Å². The highest BCUT2D eigenvalue weighted by molar-refractivity contribution is 7.13. The molecule has 0 radical (unpaired) electrons. The number of aryl methyl sites for hydroxylation is 1. The third kappa shape index (κ3) is 1.43. The van der Waals surface area contributed by atoms with Gasteiger partial charge in [0.1, 0.15) is 5.69 Å². The number of fused-ring (bicyclic) bond motifs is 1. The molecule has 3 heterocycles. The molecule has 4 heteroatoms. The van der Waals surface area contributed by atoms with Gasteiger partial charge in [0.2, 0.25) is 0 Å². The number of hydrogen-bond donors (Lipinski definition) is 0. The summed E-state index contributed by atoms with van der Waals surface area (Å²) in [6, 6.07) is 6.00. The summed E-state index contributed by atoms with van der Waals surface area (Å²) in [4.78, 5) is 5.70. The van der Waals surface area contributed by atoms with Gasteiger partial charge >= 0.3 is 0 Å². The van der Waals surface area contributed by atoms with Crippen LogP contribution in [0.3, 0.4) is 0 Å². The van der Waals surface area contributed by atoms with Gasteiger partial charge in [-0.25, -0.2) is 9.50 Å². The van der Waals surface area contributed by atoms with Crippen LogP contribution >= 0.6 is 11.3 Å². The Balaban J connectivity index is 2.19. The van der Waals surface area contributed by atoms with Gasteiger partial charge in [-0.1, -0.05) is 0 Å². The predicted molar refractivity (Wildman–Crippen MR) is 61.0 cm³/mol. The van der Waals surface area contributed by atoms with Crippen LogP contribution in [0.15, 0.2) is 36.0 Å². The molecule has 0 fully saturated rings. The molecule has 3 aromatic rings. The van der Waals surface area contributed by atoms with Crippen molar-refractivity contribution >= 4 is 17.0 Å². The van der Waals surface area contributed by atoms with E-state index in [1.54, 1.807) is 22.0 Å². The summed E-state index contributed by atoms with van der Waals surface area (Å²) in [5.74, 6) is 0. The van der Waals surface area contributed by atoms with Crippen LogP contribution in [0, 0.1) is 6.92 Å². The standard InChI is InChI=1S/C11H9N3S/c1-8-5-10(15-7-8)9-6-14-11(13-9)3-2-4-12-14/h2-7H,1H3. The first-order chi connectivity index (χ1) is 7.33. The van der Waals surface area contributed by atoms with Gasteiger partial charge in [0, 0.05) is 6.20 Å². The minimum Gasteiger partial charge on any atom is -0.226 e. The van der Waals surface area contributed by atoms with Crippen molar-refractivity contribution < 1.29 is 0 Å². The lowest BCUT2D eigenvalue weighted by molar-refractivity contribution is 0.936. The van der Waals surface area contributed by atoms with Crippen LogP contribution < -0.4 is 0 Å². The van der Waals surface area contributed by atoms with Crippen molar-refractivity contribution in [1.82, 2.24) is 14.6 Å². The summed E-state index contributed by atoms with van der Waals surface area (Å²) in [6.45, 7) is 2.09. The molecule has 0 aliphatic heterocycles. The van der Waals surface area contributed by atoms with E-state index in [0.29, 0.717) is 0 Å². The van der Waals surface area contributed by atoms with Crippen LogP contribution in [0.25, 0.3) is 16.2 Å². The number of hydrogen-bond acceptors (Lipinski definition) is 3. The van der Waals surface area contributed by atoms with E-state index in [2.05, 4.69) is 28.5 Å². The fourth-order valence-corrected chi connectivity index (χ4v) is 2.37. The molecular weight excluding hydrogens is 206 g/mol. The molecule has 15 heavy (non-hydrogen) atoms. The second kappa shape index (κ2) is 3.17. The Bertz CT molecular complexity index is 576. The number of imidazole rings is 1. The molecule has 0 saturated carbocycles. The minimum absolute atomic E-state index is 0.888. The fraction of sp³-hybridized carbons (Fsp3) is 0.0909. The molecule has 0 atom stereocenters. The van der Waals surface area contributed by atoms with Crippen molar-refractivity contribution in [2.45, 2.75) is 6.92 Å². The van der Waals surface area contributed by atoms with Gasteiger partial charge in [0.15, 0.2) is 5.65 Å². The summed E-state index contributed by atoms with van der Waals surface area (Å²) in [5, 5.41) is 6.32. The highest BCUT2D eigenvalue weighted by Crippen LogP contribution is 2.25. The Kier molecular flexibility index (Phi) is 1.82. The van der Waals surface area contributed by atoms with Crippen molar-refractivity contribution in [3.63, 3.8) is 0 Å². The molecule has 0 unspecified atom stereocenters. The molecule has 0 aromatic carbocycles. The minimum atomic E-state index is 0.888. The molecule has 3 aromatic heterocycles. The lowest BCUT2D eigenvalue weighted by Gasteiger charge is -1.85. The van der Waals surface area contributed by atoms with E-state index in [4.69, 9.17) is 0 Å². The maximum absolute atomic E-state index is 4.51. The maximum atomic E-state index is 4.51. The molecule has 0 aliphatic carbocycles.